The number of nitrogens with zero attached hydrogens (tertiary/aromatic N) is 2. The van der Waals surface area contributed by atoms with E-state index >= 15 is 0 Å². The number of aliphatic imine (C=N–C) groups is 1. The molecule has 0 fully saturated rings. The zero-order valence-corrected chi connectivity index (χ0v) is 12.0. The molecule has 0 radical (unpaired) electrons. The SMILES string of the molecule is CCOC(=O)[SH]1C(SC)=Nc2c1c(C=O)cn2C. The number of thioether (sulfide) groups is 1. The summed E-state index contributed by atoms with van der Waals surface area (Å²) in [7, 11) is 0.519. The molecule has 7 heteroatoms. The van der Waals surface area contributed by atoms with Crippen LogP contribution in [0.25, 0.3) is 0 Å². The van der Waals surface area contributed by atoms with Crippen molar-refractivity contribution in [3.8, 4) is 0 Å². The van der Waals surface area contributed by atoms with Crippen LogP contribution in [0.15, 0.2) is 16.1 Å². The first-order valence-corrected chi connectivity index (χ1v) is 7.94. The normalized spacial score (nSPS) is 19.3. The van der Waals surface area contributed by atoms with E-state index in [4.69, 9.17) is 4.74 Å². The van der Waals surface area contributed by atoms with Crippen molar-refractivity contribution in [2.75, 3.05) is 12.9 Å². The summed E-state index contributed by atoms with van der Waals surface area (Å²) in [6.45, 7) is 2.10. The van der Waals surface area contributed by atoms with Crippen LogP contribution in [0.2, 0.25) is 0 Å². The summed E-state index contributed by atoms with van der Waals surface area (Å²) >= 11 is 1.43. The Morgan fingerprint density at radius 1 is 1.67 bits per heavy atom. The highest BCUT2D eigenvalue weighted by Gasteiger charge is 2.35. The number of aryl methyl sites for hydroxylation is 1. The minimum Gasteiger partial charge on any atom is -0.459 e. The monoisotopic (exact) mass is 286 g/mol. The van der Waals surface area contributed by atoms with E-state index in [0.717, 1.165) is 15.6 Å². The molecular formula is C11H14N2O3S2. The van der Waals surface area contributed by atoms with Crippen molar-refractivity contribution in [2.24, 2.45) is 12.0 Å². The summed E-state index contributed by atoms with van der Waals surface area (Å²) in [4.78, 5) is 28.3. The van der Waals surface area contributed by atoms with Crippen LogP contribution in [0, 0.1) is 0 Å². The molecule has 2 rings (SSSR count). The predicted octanol–water partition coefficient (Wildman–Crippen LogP) is 2.72. The lowest BCUT2D eigenvalue weighted by molar-refractivity contribution is 0.112. The number of hydrogen-bond donors (Lipinski definition) is 1. The molecule has 1 aromatic heterocycles. The summed E-state index contributed by atoms with van der Waals surface area (Å²) in [6.07, 6.45) is 4.35. The third-order valence-corrected chi connectivity index (χ3v) is 5.96. The number of carbonyl (C=O) groups excluding carboxylic acids is 2. The Bertz CT molecular complexity index is 537. The number of thiol groups is 1. The predicted molar refractivity (Wildman–Crippen MR) is 75.7 cm³/mol. The van der Waals surface area contributed by atoms with Gasteiger partial charge in [0.05, 0.1) is 11.5 Å². The van der Waals surface area contributed by atoms with Crippen molar-refractivity contribution >= 4 is 44.4 Å². The molecule has 5 nitrogen and oxygen atoms in total. The van der Waals surface area contributed by atoms with Crippen LogP contribution in [-0.2, 0) is 11.8 Å². The molecule has 0 saturated carbocycles. The molecule has 1 aliphatic heterocycles. The quantitative estimate of drug-likeness (QED) is 0.516. The lowest BCUT2D eigenvalue weighted by atomic mass is 10.4. The largest absolute Gasteiger partial charge is 0.459 e. The van der Waals surface area contributed by atoms with Gasteiger partial charge in [0.1, 0.15) is 10.2 Å². The second-order valence-corrected chi connectivity index (χ2v) is 6.62. The molecule has 1 aliphatic rings. The van der Waals surface area contributed by atoms with E-state index in [1.807, 2.05) is 13.3 Å². The molecule has 1 unspecified atom stereocenters. The fourth-order valence-corrected chi connectivity index (χ4v) is 4.97. The number of hydrogen-bond acceptors (Lipinski definition) is 5. The van der Waals surface area contributed by atoms with Crippen molar-refractivity contribution in [1.29, 1.82) is 0 Å². The Balaban J connectivity index is 2.51. The molecule has 0 aliphatic carbocycles. The maximum atomic E-state index is 12.0. The lowest BCUT2D eigenvalue weighted by Gasteiger charge is -2.15. The molecule has 1 aromatic rings. The van der Waals surface area contributed by atoms with Crippen LogP contribution in [0.4, 0.5) is 10.6 Å². The number of aldehydes is 1. The molecule has 0 saturated heterocycles. The smallest absolute Gasteiger partial charge is 0.357 e. The first-order chi connectivity index (χ1) is 8.63. The Morgan fingerprint density at radius 2 is 2.39 bits per heavy atom. The molecule has 0 N–H and O–H groups in total. The topological polar surface area (TPSA) is 60.7 Å². The van der Waals surface area contributed by atoms with Gasteiger partial charge in [0, 0.05) is 18.8 Å². The molecule has 0 aromatic carbocycles. The van der Waals surface area contributed by atoms with Gasteiger partial charge >= 0.3 is 5.30 Å². The van der Waals surface area contributed by atoms with Crippen LogP contribution >= 0.6 is 22.7 Å². The molecule has 0 spiro atoms. The van der Waals surface area contributed by atoms with Gasteiger partial charge in [0.15, 0.2) is 6.29 Å². The summed E-state index contributed by atoms with van der Waals surface area (Å²) in [5.41, 5.74) is 0.527. The highest BCUT2D eigenvalue weighted by Crippen LogP contribution is 2.55. The summed E-state index contributed by atoms with van der Waals surface area (Å²) in [5, 5.41) is -0.284. The van der Waals surface area contributed by atoms with E-state index in [1.54, 1.807) is 17.7 Å². The van der Waals surface area contributed by atoms with Crippen molar-refractivity contribution < 1.29 is 14.3 Å². The number of rotatable bonds is 2. The van der Waals surface area contributed by atoms with Gasteiger partial charge in [-0.15, -0.1) is 11.8 Å². The molecular weight excluding hydrogens is 272 g/mol. The van der Waals surface area contributed by atoms with Crippen LogP contribution in [0.1, 0.15) is 17.3 Å². The molecule has 18 heavy (non-hydrogen) atoms. The summed E-state index contributed by atoms with van der Waals surface area (Å²) < 4.78 is 7.61. The van der Waals surface area contributed by atoms with Crippen LogP contribution < -0.4 is 0 Å². The van der Waals surface area contributed by atoms with Gasteiger partial charge in [0.25, 0.3) is 0 Å². The van der Waals surface area contributed by atoms with Crippen molar-refractivity contribution in [2.45, 2.75) is 11.8 Å². The number of carbonyl (C=O) groups is 2. The van der Waals surface area contributed by atoms with Gasteiger partial charge in [-0.3, -0.25) is 4.79 Å². The molecule has 0 bridgehead atoms. The fourth-order valence-electron chi connectivity index (χ4n) is 1.80. The first kappa shape index (κ1) is 13.2. The third-order valence-electron chi connectivity index (χ3n) is 2.53. The van der Waals surface area contributed by atoms with Gasteiger partial charge in [-0.05, 0) is 13.2 Å². The van der Waals surface area contributed by atoms with Gasteiger partial charge in [-0.2, -0.15) is 0 Å². The van der Waals surface area contributed by atoms with E-state index < -0.39 is 10.9 Å². The zero-order valence-electron chi connectivity index (χ0n) is 10.3. The standard InChI is InChI=1S/C11H14N2O3S2/c1-4-16-11(15)18-8-7(6-14)5-13(2)9(8)12-10(18)17-3/h5-6,18H,4H2,1-3H3. The Hall–Kier alpha value is -1.21. The minimum atomic E-state index is -1.30. The van der Waals surface area contributed by atoms with E-state index in [9.17, 15) is 9.59 Å². The lowest BCUT2D eigenvalue weighted by Crippen LogP contribution is -2.07. The van der Waals surface area contributed by atoms with E-state index in [2.05, 4.69) is 4.99 Å². The highest BCUT2D eigenvalue weighted by atomic mass is 32.2. The highest BCUT2D eigenvalue weighted by molar-refractivity contribution is 8.54. The van der Waals surface area contributed by atoms with Crippen LogP contribution in [0.3, 0.4) is 0 Å². The van der Waals surface area contributed by atoms with E-state index in [-0.39, 0.29) is 5.30 Å². The van der Waals surface area contributed by atoms with Crippen LogP contribution in [-0.4, -0.2) is 33.4 Å². The van der Waals surface area contributed by atoms with Crippen molar-refractivity contribution in [1.82, 2.24) is 4.57 Å². The van der Waals surface area contributed by atoms with Crippen LogP contribution in [0.5, 0.6) is 0 Å². The second-order valence-electron chi connectivity index (χ2n) is 3.62. The minimum absolute atomic E-state index is 0.284. The van der Waals surface area contributed by atoms with E-state index in [0.29, 0.717) is 18.0 Å². The zero-order chi connectivity index (χ0) is 13.3. The van der Waals surface area contributed by atoms with Gasteiger partial charge in [-0.25, -0.2) is 9.79 Å². The summed E-state index contributed by atoms with van der Waals surface area (Å²) in [6, 6.07) is 0. The maximum absolute atomic E-state index is 12.0. The Labute approximate surface area is 112 Å². The summed E-state index contributed by atoms with van der Waals surface area (Å²) in [5.74, 6) is 0.695. The number of fused-ring (bicyclic) bond motifs is 1. The first-order valence-electron chi connectivity index (χ1n) is 5.38. The molecule has 98 valence electrons. The van der Waals surface area contributed by atoms with Gasteiger partial charge in [-0.1, -0.05) is 10.9 Å². The molecule has 1 atom stereocenters. The second kappa shape index (κ2) is 5.19. The Morgan fingerprint density at radius 3 is 2.94 bits per heavy atom. The molecule has 2 heterocycles. The van der Waals surface area contributed by atoms with Gasteiger partial charge < -0.3 is 9.30 Å². The van der Waals surface area contributed by atoms with Crippen molar-refractivity contribution in [3.63, 3.8) is 0 Å². The Kier molecular flexibility index (Phi) is 3.82. The van der Waals surface area contributed by atoms with E-state index in [1.165, 1.54) is 11.8 Å². The third kappa shape index (κ3) is 1.97. The molecule has 0 amide bonds. The fraction of sp³-hybridized carbons (Fsp3) is 0.364. The average molecular weight is 286 g/mol. The average Bonchev–Trinajstić information content (AvgIpc) is 2.87. The number of ether oxygens (including phenoxy) is 1. The number of aromatic nitrogens is 1. The van der Waals surface area contributed by atoms with Gasteiger partial charge in [0.2, 0.25) is 0 Å². The maximum Gasteiger partial charge on any atom is 0.357 e. The van der Waals surface area contributed by atoms with Crippen molar-refractivity contribution in [3.05, 3.63) is 11.8 Å².